The highest BCUT2D eigenvalue weighted by Gasteiger charge is 2.49. The van der Waals surface area contributed by atoms with Crippen LogP contribution in [0.5, 0.6) is 0 Å². The summed E-state index contributed by atoms with van der Waals surface area (Å²) in [5, 5.41) is 27.0. The number of aliphatic carboxylic acids is 1. The van der Waals surface area contributed by atoms with Gasteiger partial charge in [-0.05, 0) is 30.5 Å². The van der Waals surface area contributed by atoms with E-state index >= 15 is 0 Å². The minimum absolute atomic E-state index is 0.00430. The van der Waals surface area contributed by atoms with E-state index in [-0.39, 0.29) is 18.2 Å². The summed E-state index contributed by atoms with van der Waals surface area (Å²) >= 11 is 0. The van der Waals surface area contributed by atoms with E-state index in [0.29, 0.717) is 11.3 Å². The van der Waals surface area contributed by atoms with Crippen LogP contribution in [0.25, 0.3) is 0 Å². The Bertz CT molecular complexity index is 783. The number of benzene rings is 1. The minimum Gasteiger partial charge on any atom is -0.481 e. The van der Waals surface area contributed by atoms with Crippen LogP contribution in [-0.2, 0) is 14.4 Å². The van der Waals surface area contributed by atoms with Crippen molar-refractivity contribution in [2.75, 3.05) is 0 Å². The molecule has 0 radical (unpaired) electrons. The Morgan fingerprint density at radius 1 is 1.21 bits per heavy atom. The fraction of sp³-hybridized carbons (Fsp3) is 0.526. The van der Waals surface area contributed by atoms with Crippen LogP contribution < -0.4 is 5.32 Å². The van der Waals surface area contributed by atoms with Crippen molar-refractivity contribution in [3.63, 3.8) is 0 Å². The molecule has 0 saturated heterocycles. The van der Waals surface area contributed by atoms with Gasteiger partial charge in [-0.15, -0.1) is 0 Å². The number of carboxylic acids is 1. The molecule has 1 unspecified atom stereocenters. The Kier molecular flexibility index (Phi) is 5.91. The number of amides is 1. The first-order valence-corrected chi connectivity index (χ1v) is 9.42. The summed E-state index contributed by atoms with van der Waals surface area (Å²) < 4.78 is 0. The Morgan fingerprint density at radius 2 is 1.86 bits per heavy atom. The number of oxime groups is 1. The lowest BCUT2D eigenvalue weighted by atomic mass is 9.89. The molecule has 1 aromatic rings. The molecule has 0 bridgehead atoms. The number of rotatable bonds is 6. The lowest BCUT2D eigenvalue weighted by molar-refractivity contribution is -0.384. The van der Waals surface area contributed by atoms with E-state index in [1.54, 1.807) is 0 Å². The summed E-state index contributed by atoms with van der Waals surface area (Å²) in [6, 6.07) is 5.70. The maximum atomic E-state index is 12.9. The molecule has 0 spiro atoms. The molecule has 9 heteroatoms. The molecular formula is C19H23N3O6. The fourth-order valence-corrected chi connectivity index (χ4v) is 3.69. The van der Waals surface area contributed by atoms with Crippen molar-refractivity contribution in [1.29, 1.82) is 0 Å². The van der Waals surface area contributed by atoms with Crippen LogP contribution in [0.15, 0.2) is 29.4 Å². The third kappa shape index (κ3) is 4.47. The van der Waals surface area contributed by atoms with Crippen LogP contribution in [-0.4, -0.2) is 39.3 Å². The van der Waals surface area contributed by atoms with E-state index in [9.17, 15) is 24.8 Å². The Balaban J connectivity index is 1.74. The average Bonchev–Trinajstić information content (AvgIpc) is 2.91. The van der Waals surface area contributed by atoms with Gasteiger partial charge >= 0.3 is 5.97 Å². The van der Waals surface area contributed by atoms with Crippen LogP contribution >= 0.6 is 0 Å². The van der Waals surface area contributed by atoms with Gasteiger partial charge in [-0.1, -0.05) is 30.8 Å². The smallest absolute Gasteiger partial charge is 0.308 e. The van der Waals surface area contributed by atoms with Gasteiger partial charge in [-0.25, -0.2) is 0 Å². The molecule has 1 aliphatic carbocycles. The van der Waals surface area contributed by atoms with Gasteiger partial charge in [-0.3, -0.25) is 19.7 Å². The van der Waals surface area contributed by atoms with Crippen LogP contribution in [0.2, 0.25) is 0 Å². The number of hydrogen-bond acceptors (Lipinski definition) is 6. The third-order valence-electron chi connectivity index (χ3n) is 5.24. The van der Waals surface area contributed by atoms with E-state index in [4.69, 9.17) is 4.84 Å². The molecule has 1 atom stereocenters. The van der Waals surface area contributed by atoms with Crippen molar-refractivity contribution in [2.24, 2.45) is 5.16 Å². The first kappa shape index (κ1) is 19.8. The Morgan fingerprint density at radius 3 is 2.43 bits per heavy atom. The quantitative estimate of drug-likeness (QED) is 0.437. The summed E-state index contributed by atoms with van der Waals surface area (Å²) in [6.45, 7) is 0. The van der Waals surface area contributed by atoms with Gasteiger partial charge in [0.05, 0.1) is 17.1 Å². The SMILES string of the molecule is O=C(O)CC1(C(=O)NC2CCCCCC2)CC(c2ccc([N+](=O)[O-])cc2)=NO1. The normalized spacial score (nSPS) is 22.6. The van der Waals surface area contributed by atoms with E-state index in [0.717, 1.165) is 38.5 Å². The highest BCUT2D eigenvalue weighted by atomic mass is 16.7. The molecule has 150 valence electrons. The molecule has 3 rings (SSSR count). The largest absolute Gasteiger partial charge is 0.481 e. The van der Waals surface area contributed by atoms with Crippen molar-refractivity contribution in [2.45, 2.75) is 63.0 Å². The van der Waals surface area contributed by atoms with Crippen LogP contribution in [0, 0.1) is 10.1 Å². The molecule has 0 aromatic heterocycles. The fourth-order valence-electron chi connectivity index (χ4n) is 3.69. The second-order valence-corrected chi connectivity index (χ2v) is 7.34. The molecule has 28 heavy (non-hydrogen) atoms. The zero-order valence-corrected chi connectivity index (χ0v) is 15.4. The number of carboxylic acid groups (broad SMARTS) is 1. The van der Waals surface area contributed by atoms with E-state index < -0.39 is 28.8 Å². The van der Waals surface area contributed by atoms with Crippen molar-refractivity contribution >= 4 is 23.3 Å². The monoisotopic (exact) mass is 389 g/mol. The predicted molar refractivity (Wildman–Crippen MR) is 100.0 cm³/mol. The summed E-state index contributed by atoms with van der Waals surface area (Å²) in [4.78, 5) is 40.0. The lowest BCUT2D eigenvalue weighted by Gasteiger charge is -2.26. The molecule has 1 amide bonds. The average molecular weight is 389 g/mol. The maximum Gasteiger partial charge on any atom is 0.308 e. The van der Waals surface area contributed by atoms with Crippen molar-refractivity contribution in [3.8, 4) is 0 Å². The van der Waals surface area contributed by atoms with Crippen molar-refractivity contribution in [1.82, 2.24) is 5.32 Å². The molecule has 2 N–H and O–H groups in total. The van der Waals surface area contributed by atoms with Gasteiger partial charge in [0.25, 0.3) is 11.6 Å². The molecule has 1 fully saturated rings. The molecule has 2 aliphatic rings. The van der Waals surface area contributed by atoms with Gasteiger partial charge in [0.1, 0.15) is 0 Å². The number of nitro groups is 1. The zero-order valence-electron chi connectivity index (χ0n) is 15.4. The first-order valence-electron chi connectivity index (χ1n) is 9.42. The zero-order chi connectivity index (χ0) is 20.1. The molecule has 1 heterocycles. The lowest BCUT2D eigenvalue weighted by Crippen LogP contribution is -2.51. The van der Waals surface area contributed by atoms with E-state index in [1.807, 2.05) is 0 Å². The summed E-state index contributed by atoms with van der Waals surface area (Å²) in [6.07, 6.45) is 5.55. The van der Waals surface area contributed by atoms with Crippen LogP contribution in [0.3, 0.4) is 0 Å². The van der Waals surface area contributed by atoms with Gasteiger partial charge in [0.15, 0.2) is 0 Å². The number of nitrogens with one attached hydrogen (secondary N) is 1. The first-order chi connectivity index (χ1) is 13.4. The van der Waals surface area contributed by atoms with Gasteiger partial charge in [0.2, 0.25) is 5.60 Å². The molecule has 1 saturated carbocycles. The number of hydrogen-bond donors (Lipinski definition) is 2. The number of non-ortho nitro benzene ring substituents is 1. The summed E-state index contributed by atoms with van der Waals surface area (Å²) in [5.74, 6) is -1.63. The maximum absolute atomic E-state index is 12.9. The van der Waals surface area contributed by atoms with E-state index in [2.05, 4.69) is 10.5 Å². The third-order valence-corrected chi connectivity index (χ3v) is 5.24. The van der Waals surface area contributed by atoms with Crippen molar-refractivity contribution < 1.29 is 24.5 Å². The Hall–Kier alpha value is -2.97. The second-order valence-electron chi connectivity index (χ2n) is 7.34. The Labute approximate surface area is 161 Å². The molecule has 1 aliphatic heterocycles. The topological polar surface area (TPSA) is 131 Å². The number of nitrogens with zero attached hydrogens (tertiary/aromatic N) is 2. The molecule has 1 aromatic carbocycles. The van der Waals surface area contributed by atoms with E-state index in [1.165, 1.54) is 24.3 Å². The van der Waals surface area contributed by atoms with Crippen LogP contribution in [0.1, 0.15) is 56.9 Å². The standard InChI is InChI=1S/C19H23N3O6/c23-17(24)12-19(18(25)20-14-5-3-1-2-4-6-14)11-16(21-28-19)13-7-9-15(10-8-13)22(26)27/h7-10,14H,1-6,11-12H2,(H,20,25)(H,23,24). The van der Waals surface area contributed by atoms with Gasteiger partial charge < -0.3 is 15.3 Å². The predicted octanol–water partition coefficient (Wildman–Crippen LogP) is 2.77. The number of carbonyl (C=O) groups is 2. The van der Waals surface area contributed by atoms with Crippen LogP contribution in [0.4, 0.5) is 5.69 Å². The van der Waals surface area contributed by atoms with Gasteiger partial charge in [0, 0.05) is 24.6 Å². The highest BCUT2D eigenvalue weighted by molar-refractivity contribution is 6.06. The van der Waals surface area contributed by atoms with Gasteiger partial charge in [-0.2, -0.15) is 0 Å². The minimum atomic E-state index is -1.60. The second kappa shape index (κ2) is 8.37. The highest BCUT2D eigenvalue weighted by Crippen LogP contribution is 2.32. The molecule has 9 nitrogen and oxygen atoms in total. The summed E-state index contributed by atoms with van der Waals surface area (Å²) in [5.41, 5.74) is -0.714. The molecular weight excluding hydrogens is 366 g/mol. The number of carbonyl (C=O) groups excluding carboxylic acids is 1. The van der Waals surface area contributed by atoms with Crippen molar-refractivity contribution in [3.05, 3.63) is 39.9 Å². The summed E-state index contributed by atoms with van der Waals surface area (Å²) in [7, 11) is 0. The number of nitro benzene ring substituents is 1.